The molecule has 0 amide bonds. The van der Waals surface area contributed by atoms with Gasteiger partial charge in [-0.3, -0.25) is 9.59 Å². The molecule has 0 bridgehead atoms. The molecule has 0 heterocycles. The lowest BCUT2D eigenvalue weighted by Gasteiger charge is -2.25. The van der Waals surface area contributed by atoms with E-state index in [9.17, 15) is 19.5 Å². The molecule has 0 aromatic rings. The minimum atomic E-state index is -1.53. The first-order valence-electron chi connectivity index (χ1n) is 28.3. The summed E-state index contributed by atoms with van der Waals surface area (Å²) in [6.45, 7) is 4.70. The first kappa shape index (κ1) is 65.2. The number of nitrogens with zero attached hydrogens (tertiary/aromatic N) is 1. The first-order chi connectivity index (χ1) is 33.1. The van der Waals surface area contributed by atoms with Gasteiger partial charge >= 0.3 is 17.9 Å². The summed E-state index contributed by atoms with van der Waals surface area (Å²) in [5.74, 6) is -2.11. The fourth-order valence-corrected chi connectivity index (χ4v) is 8.03. The van der Waals surface area contributed by atoms with Gasteiger partial charge in [0.25, 0.3) is 6.29 Å². The molecule has 0 rings (SSSR count). The Morgan fingerprint density at radius 2 is 0.838 bits per heavy atom. The summed E-state index contributed by atoms with van der Waals surface area (Å²) in [4.78, 5) is 37.2. The molecule has 2 atom stereocenters. The van der Waals surface area contributed by atoms with Gasteiger partial charge in [-0.1, -0.05) is 249 Å². The van der Waals surface area contributed by atoms with Crippen molar-refractivity contribution < 1.29 is 42.9 Å². The van der Waals surface area contributed by atoms with Crippen LogP contribution in [0.1, 0.15) is 251 Å². The number of carbonyl (C=O) groups is 3. The fraction of sp³-hybridized carbons (Fsp3) is 0.814. The molecule has 68 heavy (non-hydrogen) atoms. The predicted octanol–water partition coefficient (Wildman–Crippen LogP) is 16.3. The van der Waals surface area contributed by atoms with Crippen molar-refractivity contribution in [3.8, 4) is 0 Å². The van der Waals surface area contributed by atoms with Crippen molar-refractivity contribution >= 4 is 17.9 Å². The van der Waals surface area contributed by atoms with Gasteiger partial charge in [-0.2, -0.15) is 0 Å². The van der Waals surface area contributed by atoms with E-state index in [1.165, 1.54) is 173 Å². The highest BCUT2D eigenvalue weighted by molar-refractivity contribution is 5.71. The Kier molecular flexibility index (Phi) is 48.6. The standard InChI is InChI=1S/C59H107NO8/c1-6-8-10-12-14-16-18-20-21-22-23-24-25-26-27-28-29-30-31-32-33-34-35-36-38-39-41-43-45-47-49-56(61)66-53-55(54-67-59(58(63)64)65-52-51-60(3,4)5)68-57(62)50-48-46-44-42-40-37-19-17-15-13-11-9-7-2/h9,11,15,17,37,40,44,46,55,59H,6-8,10,12-14,16,18-36,38-39,41-43,45,47-54H2,1-5H3/p+1/b11-9-,17-15-,40-37-,46-44-. The summed E-state index contributed by atoms with van der Waals surface area (Å²) in [6.07, 6.45) is 59.5. The van der Waals surface area contributed by atoms with Crippen molar-refractivity contribution in [3.05, 3.63) is 48.6 Å². The Morgan fingerprint density at radius 3 is 1.22 bits per heavy atom. The highest BCUT2D eigenvalue weighted by atomic mass is 16.7. The van der Waals surface area contributed by atoms with Gasteiger partial charge in [0.15, 0.2) is 6.10 Å². The Hall–Kier alpha value is -2.75. The zero-order valence-electron chi connectivity index (χ0n) is 45.0. The maximum Gasteiger partial charge on any atom is 0.361 e. The predicted molar refractivity (Wildman–Crippen MR) is 286 cm³/mol. The van der Waals surface area contributed by atoms with Gasteiger partial charge in [0.2, 0.25) is 0 Å². The second kappa shape index (κ2) is 50.6. The zero-order chi connectivity index (χ0) is 49.9. The topological polar surface area (TPSA) is 108 Å². The van der Waals surface area contributed by atoms with Gasteiger partial charge in [0.05, 0.1) is 34.4 Å². The number of unbranched alkanes of at least 4 members (excludes halogenated alkanes) is 29. The van der Waals surface area contributed by atoms with Crippen LogP contribution in [0.3, 0.4) is 0 Å². The largest absolute Gasteiger partial charge is 0.477 e. The minimum Gasteiger partial charge on any atom is -0.477 e. The number of likely N-dealkylation sites (N-methyl/N-ethyl adjacent to an activating group) is 1. The molecule has 1 N–H and O–H groups in total. The Balaban J connectivity index is 4.10. The summed E-state index contributed by atoms with van der Waals surface area (Å²) >= 11 is 0. The average molecular weight is 960 g/mol. The molecule has 0 saturated carbocycles. The van der Waals surface area contributed by atoms with Crippen LogP contribution >= 0.6 is 0 Å². The van der Waals surface area contributed by atoms with E-state index in [0.29, 0.717) is 23.9 Å². The van der Waals surface area contributed by atoms with E-state index < -0.39 is 24.3 Å². The first-order valence-corrected chi connectivity index (χ1v) is 28.3. The SMILES string of the molecule is CC/C=C\C/C=C\C/C=C\C/C=C\CCC(=O)OC(COC(=O)CCCCCCCCCCCCCCCCCCCCCCCCCCCCCCCC)COC(OCC[N+](C)(C)C)C(=O)O. The van der Waals surface area contributed by atoms with Crippen LogP contribution in [0, 0.1) is 0 Å². The number of hydrogen-bond donors (Lipinski definition) is 1. The van der Waals surface area contributed by atoms with Crippen molar-refractivity contribution in [3.63, 3.8) is 0 Å². The molecule has 0 aromatic carbocycles. The number of carboxylic acid groups (broad SMARTS) is 1. The van der Waals surface area contributed by atoms with Gasteiger partial charge in [-0.05, 0) is 38.5 Å². The summed E-state index contributed by atoms with van der Waals surface area (Å²) in [6, 6.07) is 0. The van der Waals surface area contributed by atoms with Crippen LogP contribution in [0.25, 0.3) is 0 Å². The second-order valence-electron chi connectivity index (χ2n) is 20.2. The maximum atomic E-state index is 12.7. The number of rotatable bonds is 52. The third-order valence-corrected chi connectivity index (χ3v) is 12.4. The van der Waals surface area contributed by atoms with E-state index >= 15 is 0 Å². The third-order valence-electron chi connectivity index (χ3n) is 12.4. The number of hydrogen-bond acceptors (Lipinski definition) is 7. The normalized spacial score (nSPS) is 13.1. The number of carboxylic acids is 1. The van der Waals surface area contributed by atoms with Crippen LogP contribution in [-0.4, -0.2) is 87.4 Å². The van der Waals surface area contributed by atoms with E-state index in [2.05, 4.69) is 50.3 Å². The molecular formula is C59H108NO8+. The number of carbonyl (C=O) groups excluding carboxylic acids is 2. The summed E-state index contributed by atoms with van der Waals surface area (Å²) in [5.41, 5.74) is 0. The highest BCUT2D eigenvalue weighted by Gasteiger charge is 2.25. The van der Waals surface area contributed by atoms with Crippen LogP contribution < -0.4 is 0 Å². The minimum absolute atomic E-state index is 0.140. The molecule has 0 aromatic heterocycles. The monoisotopic (exact) mass is 959 g/mol. The van der Waals surface area contributed by atoms with Crippen molar-refractivity contribution in [1.29, 1.82) is 0 Å². The van der Waals surface area contributed by atoms with Crippen LogP contribution in [0.5, 0.6) is 0 Å². The average Bonchev–Trinajstić information content (AvgIpc) is 3.30. The van der Waals surface area contributed by atoms with Crippen LogP contribution in [0.4, 0.5) is 0 Å². The maximum absolute atomic E-state index is 12.7. The Morgan fingerprint density at radius 1 is 0.456 bits per heavy atom. The molecule has 9 heteroatoms. The lowest BCUT2D eigenvalue weighted by molar-refractivity contribution is -0.870. The molecule has 0 aliphatic heterocycles. The number of esters is 2. The van der Waals surface area contributed by atoms with Crippen molar-refractivity contribution in [2.45, 2.75) is 264 Å². The van der Waals surface area contributed by atoms with E-state index in [0.717, 1.165) is 44.9 Å². The summed E-state index contributed by atoms with van der Waals surface area (Å²) in [5, 5.41) is 9.66. The lowest BCUT2D eigenvalue weighted by Crippen LogP contribution is -2.40. The molecule has 396 valence electrons. The Labute approximate surface area is 419 Å². The van der Waals surface area contributed by atoms with E-state index in [4.69, 9.17) is 18.9 Å². The van der Waals surface area contributed by atoms with Crippen LogP contribution in [0.15, 0.2) is 48.6 Å². The van der Waals surface area contributed by atoms with E-state index in [1.54, 1.807) is 0 Å². The summed E-state index contributed by atoms with van der Waals surface area (Å²) < 4.78 is 22.7. The number of quaternary nitrogens is 1. The molecule has 0 fully saturated rings. The molecule has 0 spiro atoms. The fourth-order valence-electron chi connectivity index (χ4n) is 8.03. The van der Waals surface area contributed by atoms with Crippen molar-refractivity contribution in [2.75, 3.05) is 47.5 Å². The quantitative estimate of drug-likeness (QED) is 0.0211. The Bertz CT molecular complexity index is 1250. The zero-order valence-corrected chi connectivity index (χ0v) is 45.0. The van der Waals surface area contributed by atoms with Crippen molar-refractivity contribution in [1.82, 2.24) is 0 Å². The van der Waals surface area contributed by atoms with Crippen LogP contribution in [-0.2, 0) is 33.3 Å². The molecule has 0 aliphatic rings. The van der Waals surface area contributed by atoms with Gasteiger partial charge in [-0.25, -0.2) is 4.79 Å². The number of allylic oxidation sites excluding steroid dienone is 8. The highest BCUT2D eigenvalue weighted by Crippen LogP contribution is 2.17. The van der Waals surface area contributed by atoms with Gasteiger partial charge < -0.3 is 28.5 Å². The molecule has 0 saturated heterocycles. The van der Waals surface area contributed by atoms with E-state index in [1.807, 2.05) is 33.3 Å². The van der Waals surface area contributed by atoms with Gasteiger partial charge in [0.1, 0.15) is 13.2 Å². The number of aliphatic carboxylic acids is 1. The molecule has 0 radical (unpaired) electrons. The van der Waals surface area contributed by atoms with Crippen molar-refractivity contribution in [2.24, 2.45) is 0 Å². The number of ether oxygens (including phenoxy) is 4. The smallest absolute Gasteiger partial charge is 0.361 e. The molecule has 2 unspecified atom stereocenters. The second-order valence-corrected chi connectivity index (χ2v) is 20.2. The molecule has 9 nitrogen and oxygen atoms in total. The van der Waals surface area contributed by atoms with E-state index in [-0.39, 0.29) is 32.2 Å². The van der Waals surface area contributed by atoms with Gasteiger partial charge in [0, 0.05) is 12.8 Å². The lowest BCUT2D eigenvalue weighted by atomic mass is 10.0. The molecular weight excluding hydrogens is 851 g/mol. The van der Waals surface area contributed by atoms with Crippen LogP contribution in [0.2, 0.25) is 0 Å². The molecule has 0 aliphatic carbocycles. The van der Waals surface area contributed by atoms with Gasteiger partial charge in [-0.15, -0.1) is 0 Å². The third kappa shape index (κ3) is 51.1. The summed E-state index contributed by atoms with van der Waals surface area (Å²) in [7, 11) is 5.94.